The Kier molecular flexibility index (Phi) is 6.18. The van der Waals surface area contributed by atoms with E-state index in [0.29, 0.717) is 4.47 Å². The smallest absolute Gasteiger partial charge is 0.311 e. The molecule has 0 heterocycles. The lowest BCUT2D eigenvalue weighted by Gasteiger charge is -2.08. The molecule has 2 aromatic rings. The number of para-hydroxylation sites is 1. The summed E-state index contributed by atoms with van der Waals surface area (Å²) >= 11 is 3.09. The number of ether oxygens (including phenoxy) is 1. The number of rotatable bonds is 6. The summed E-state index contributed by atoms with van der Waals surface area (Å²) < 4.78 is 18.9. The number of nitro benzene ring substituents is 1. The lowest BCUT2D eigenvalue weighted by atomic mass is 10.1. The van der Waals surface area contributed by atoms with Crippen LogP contribution in [0.3, 0.4) is 0 Å². The van der Waals surface area contributed by atoms with Gasteiger partial charge in [0.2, 0.25) is 0 Å². The Hall–Kier alpha value is -2.81. The minimum atomic E-state index is -0.805. The van der Waals surface area contributed by atoms with Crippen molar-refractivity contribution in [1.82, 2.24) is 0 Å². The topological polar surface area (TPSA) is 98.5 Å². The molecule has 0 bridgehead atoms. The lowest BCUT2D eigenvalue weighted by molar-refractivity contribution is -0.385. The van der Waals surface area contributed by atoms with Gasteiger partial charge in [0, 0.05) is 16.1 Å². The number of nitrogens with one attached hydrogen (secondary N) is 1. The molecule has 2 aromatic carbocycles. The standard InChI is InChI=1S/C16H12BrFN2O5/c17-11-5-6-13(12(18)8-11)19-15(21)9-25-16(22)7-10-3-1-2-4-14(10)20(23)24/h1-6,8H,7,9H2,(H,19,21). The summed E-state index contributed by atoms with van der Waals surface area (Å²) in [5.74, 6) is -2.17. The number of nitro groups is 1. The first-order valence-corrected chi connectivity index (χ1v) is 7.79. The monoisotopic (exact) mass is 410 g/mol. The third-order valence-corrected chi connectivity index (χ3v) is 3.59. The predicted octanol–water partition coefficient (Wildman–Crippen LogP) is 3.22. The molecule has 0 aliphatic carbocycles. The maximum atomic E-state index is 13.6. The van der Waals surface area contributed by atoms with Gasteiger partial charge in [0.1, 0.15) is 5.82 Å². The van der Waals surface area contributed by atoms with E-state index in [1.807, 2.05) is 0 Å². The van der Waals surface area contributed by atoms with Gasteiger partial charge in [-0.2, -0.15) is 0 Å². The maximum absolute atomic E-state index is 13.6. The molecule has 0 aliphatic rings. The Labute approximate surface area is 150 Å². The lowest BCUT2D eigenvalue weighted by Crippen LogP contribution is -2.22. The summed E-state index contributed by atoms with van der Waals surface area (Å²) in [6, 6.07) is 9.80. The third-order valence-electron chi connectivity index (χ3n) is 3.09. The summed E-state index contributed by atoms with van der Waals surface area (Å²) in [7, 11) is 0. The van der Waals surface area contributed by atoms with Crippen LogP contribution >= 0.6 is 15.9 Å². The molecule has 0 aromatic heterocycles. The van der Waals surface area contributed by atoms with Gasteiger partial charge in [-0.1, -0.05) is 34.1 Å². The predicted molar refractivity (Wildman–Crippen MR) is 90.5 cm³/mol. The van der Waals surface area contributed by atoms with Crippen molar-refractivity contribution >= 4 is 39.2 Å². The average molecular weight is 411 g/mol. The van der Waals surface area contributed by atoms with Crippen molar-refractivity contribution in [3.05, 3.63) is 68.4 Å². The molecule has 0 saturated carbocycles. The van der Waals surface area contributed by atoms with Crippen molar-refractivity contribution < 1.29 is 23.6 Å². The number of anilines is 1. The van der Waals surface area contributed by atoms with E-state index in [0.717, 1.165) is 0 Å². The maximum Gasteiger partial charge on any atom is 0.311 e. The summed E-state index contributed by atoms with van der Waals surface area (Å²) in [6.45, 7) is -0.630. The van der Waals surface area contributed by atoms with Gasteiger partial charge < -0.3 is 10.1 Å². The second kappa shape index (κ2) is 8.34. The molecule has 9 heteroatoms. The summed E-state index contributed by atoms with van der Waals surface area (Å²) in [4.78, 5) is 33.7. The van der Waals surface area contributed by atoms with Crippen LogP contribution in [-0.2, 0) is 20.7 Å². The van der Waals surface area contributed by atoms with Crippen LogP contribution in [0, 0.1) is 15.9 Å². The van der Waals surface area contributed by atoms with Crippen molar-refractivity contribution in [2.75, 3.05) is 11.9 Å². The van der Waals surface area contributed by atoms with E-state index < -0.39 is 29.2 Å². The molecule has 0 fully saturated rings. The molecular formula is C16H12BrFN2O5. The van der Waals surface area contributed by atoms with E-state index in [1.165, 1.54) is 30.3 Å². The van der Waals surface area contributed by atoms with Crippen molar-refractivity contribution in [1.29, 1.82) is 0 Å². The van der Waals surface area contributed by atoms with Crippen LogP contribution < -0.4 is 5.32 Å². The molecule has 0 saturated heterocycles. The molecule has 0 spiro atoms. The van der Waals surface area contributed by atoms with E-state index in [2.05, 4.69) is 21.2 Å². The van der Waals surface area contributed by atoms with Crippen molar-refractivity contribution in [2.45, 2.75) is 6.42 Å². The van der Waals surface area contributed by atoms with E-state index >= 15 is 0 Å². The highest BCUT2D eigenvalue weighted by Gasteiger charge is 2.17. The fourth-order valence-electron chi connectivity index (χ4n) is 1.97. The molecule has 25 heavy (non-hydrogen) atoms. The number of halogens is 2. The second-order valence-corrected chi connectivity index (χ2v) is 5.81. The average Bonchev–Trinajstić information content (AvgIpc) is 2.56. The van der Waals surface area contributed by atoms with Gasteiger partial charge in [-0.15, -0.1) is 0 Å². The van der Waals surface area contributed by atoms with Crippen LogP contribution in [0.2, 0.25) is 0 Å². The van der Waals surface area contributed by atoms with Crippen LogP contribution in [0.15, 0.2) is 46.9 Å². The molecule has 0 unspecified atom stereocenters. The number of amides is 1. The summed E-state index contributed by atoms with van der Waals surface area (Å²) in [6.07, 6.45) is -0.350. The van der Waals surface area contributed by atoms with Gasteiger partial charge >= 0.3 is 5.97 Å². The van der Waals surface area contributed by atoms with Gasteiger partial charge in [0.05, 0.1) is 17.0 Å². The first-order valence-electron chi connectivity index (χ1n) is 6.99. The normalized spacial score (nSPS) is 10.2. The number of hydrogen-bond donors (Lipinski definition) is 1. The molecule has 0 atom stereocenters. The van der Waals surface area contributed by atoms with E-state index in [4.69, 9.17) is 4.74 Å². The van der Waals surface area contributed by atoms with Crippen LogP contribution in [0.4, 0.5) is 15.8 Å². The Bertz CT molecular complexity index is 828. The molecule has 0 radical (unpaired) electrons. The summed E-state index contributed by atoms with van der Waals surface area (Å²) in [5.41, 5.74) is -0.0827. The molecule has 130 valence electrons. The molecule has 2 rings (SSSR count). The van der Waals surface area contributed by atoms with Crippen molar-refractivity contribution in [3.63, 3.8) is 0 Å². The fraction of sp³-hybridized carbons (Fsp3) is 0.125. The Balaban J connectivity index is 1.89. The fourth-order valence-corrected chi connectivity index (χ4v) is 2.30. The van der Waals surface area contributed by atoms with Gasteiger partial charge in [-0.25, -0.2) is 4.39 Å². The van der Waals surface area contributed by atoms with Crippen LogP contribution in [0.5, 0.6) is 0 Å². The Morgan fingerprint density at radius 2 is 1.96 bits per heavy atom. The highest BCUT2D eigenvalue weighted by Crippen LogP contribution is 2.20. The van der Waals surface area contributed by atoms with Crippen LogP contribution in [0.25, 0.3) is 0 Å². The van der Waals surface area contributed by atoms with Gasteiger partial charge in [0.15, 0.2) is 6.61 Å². The highest BCUT2D eigenvalue weighted by molar-refractivity contribution is 9.10. The van der Waals surface area contributed by atoms with Crippen molar-refractivity contribution in [3.8, 4) is 0 Å². The van der Waals surface area contributed by atoms with Gasteiger partial charge in [0.25, 0.3) is 11.6 Å². The SMILES string of the molecule is O=C(COC(=O)Cc1ccccc1[N+](=O)[O-])Nc1ccc(Br)cc1F. The van der Waals surface area contributed by atoms with Crippen LogP contribution in [-0.4, -0.2) is 23.4 Å². The number of carbonyl (C=O) groups excluding carboxylic acids is 2. The number of hydrogen-bond acceptors (Lipinski definition) is 5. The van der Waals surface area contributed by atoms with Crippen molar-refractivity contribution in [2.24, 2.45) is 0 Å². The van der Waals surface area contributed by atoms with E-state index in [-0.39, 0.29) is 23.4 Å². The Morgan fingerprint density at radius 3 is 2.64 bits per heavy atom. The molecule has 0 aliphatic heterocycles. The zero-order chi connectivity index (χ0) is 18.4. The first-order chi connectivity index (χ1) is 11.9. The van der Waals surface area contributed by atoms with Gasteiger partial charge in [-0.05, 0) is 18.2 Å². The Morgan fingerprint density at radius 1 is 1.24 bits per heavy atom. The first kappa shape index (κ1) is 18.5. The van der Waals surface area contributed by atoms with E-state index in [1.54, 1.807) is 12.1 Å². The molecule has 7 nitrogen and oxygen atoms in total. The number of nitrogens with zero attached hydrogens (tertiary/aromatic N) is 1. The quantitative estimate of drug-likeness (QED) is 0.447. The minimum Gasteiger partial charge on any atom is -0.455 e. The minimum absolute atomic E-state index is 0.0528. The van der Waals surface area contributed by atoms with E-state index in [9.17, 15) is 24.1 Å². The summed E-state index contributed by atoms with van der Waals surface area (Å²) in [5, 5.41) is 13.1. The largest absolute Gasteiger partial charge is 0.455 e. The number of benzene rings is 2. The van der Waals surface area contributed by atoms with Crippen LogP contribution in [0.1, 0.15) is 5.56 Å². The molecule has 1 N–H and O–H groups in total. The highest BCUT2D eigenvalue weighted by atomic mass is 79.9. The molecule has 1 amide bonds. The number of esters is 1. The third kappa shape index (κ3) is 5.35. The number of carbonyl (C=O) groups is 2. The zero-order valence-corrected chi connectivity index (χ0v) is 14.3. The molecular weight excluding hydrogens is 399 g/mol. The zero-order valence-electron chi connectivity index (χ0n) is 12.7. The second-order valence-electron chi connectivity index (χ2n) is 4.90. The van der Waals surface area contributed by atoms with Gasteiger partial charge in [-0.3, -0.25) is 19.7 Å².